The van der Waals surface area contributed by atoms with Crippen molar-refractivity contribution in [2.45, 2.75) is 38.6 Å². The van der Waals surface area contributed by atoms with Crippen molar-refractivity contribution in [2.75, 3.05) is 11.4 Å². The van der Waals surface area contributed by atoms with Gasteiger partial charge in [-0.3, -0.25) is 0 Å². The highest BCUT2D eigenvalue weighted by atomic mass is 15.2. The van der Waals surface area contributed by atoms with Gasteiger partial charge in [0.1, 0.15) is 5.82 Å². The van der Waals surface area contributed by atoms with E-state index in [-0.39, 0.29) is 0 Å². The highest BCUT2D eigenvalue weighted by Gasteiger charge is 2.21. The summed E-state index contributed by atoms with van der Waals surface area (Å²) in [5, 5.41) is 0. The molecule has 0 aliphatic carbocycles. The van der Waals surface area contributed by atoms with Crippen LogP contribution in [0.5, 0.6) is 0 Å². The van der Waals surface area contributed by atoms with Crippen LogP contribution in [0, 0.1) is 6.33 Å². The van der Waals surface area contributed by atoms with Crippen molar-refractivity contribution in [3.63, 3.8) is 0 Å². The molecule has 2 heterocycles. The smallest absolute Gasteiger partial charge is 0.199 e. The zero-order chi connectivity index (χ0) is 9.80. The maximum absolute atomic E-state index is 4.19. The molecular formula is C11H16N3. The zero-order valence-corrected chi connectivity index (χ0v) is 8.61. The molecule has 0 saturated carbocycles. The van der Waals surface area contributed by atoms with Crippen molar-refractivity contribution in [3.05, 3.63) is 18.6 Å². The Labute approximate surface area is 85.2 Å². The summed E-state index contributed by atoms with van der Waals surface area (Å²) in [6.07, 6.45) is 9.55. The van der Waals surface area contributed by atoms with Crippen LogP contribution in [0.15, 0.2) is 12.3 Å². The fraction of sp³-hybridized carbons (Fsp3) is 0.636. The lowest BCUT2D eigenvalue weighted by molar-refractivity contribution is 0.446. The Bertz CT molecular complexity index is 273. The van der Waals surface area contributed by atoms with E-state index < -0.39 is 0 Å². The minimum atomic E-state index is 0.659. The average molecular weight is 190 g/mol. The lowest BCUT2D eigenvalue weighted by Crippen LogP contribution is -2.39. The van der Waals surface area contributed by atoms with Crippen molar-refractivity contribution in [1.82, 2.24) is 9.97 Å². The molecule has 0 spiro atoms. The van der Waals surface area contributed by atoms with Crippen molar-refractivity contribution in [3.8, 4) is 0 Å². The van der Waals surface area contributed by atoms with Gasteiger partial charge in [0.25, 0.3) is 0 Å². The Balaban J connectivity index is 2.15. The summed E-state index contributed by atoms with van der Waals surface area (Å²) in [6, 6.07) is 2.64. The molecule has 1 unspecified atom stereocenters. The third-order valence-corrected chi connectivity index (χ3v) is 2.91. The van der Waals surface area contributed by atoms with Crippen LogP contribution < -0.4 is 4.90 Å². The van der Waals surface area contributed by atoms with Crippen LogP contribution in [0.4, 0.5) is 5.82 Å². The highest BCUT2D eigenvalue weighted by molar-refractivity contribution is 5.38. The van der Waals surface area contributed by atoms with Crippen LogP contribution in [-0.4, -0.2) is 22.6 Å². The first-order valence-corrected chi connectivity index (χ1v) is 5.37. The summed E-state index contributed by atoms with van der Waals surface area (Å²) in [5.41, 5.74) is 0. The zero-order valence-electron chi connectivity index (χ0n) is 8.61. The van der Waals surface area contributed by atoms with Crippen LogP contribution >= 0.6 is 0 Å². The molecule has 0 amide bonds. The van der Waals surface area contributed by atoms with Gasteiger partial charge in [-0.25, -0.2) is 9.97 Å². The standard InChI is InChI=1S/C11H16N3/c1-2-10-5-3-4-8-14(10)11-6-7-12-9-13-11/h6-7,10H,2-5,8H2,1H3. The number of hydrogen-bond acceptors (Lipinski definition) is 3. The normalized spacial score (nSPS) is 22.4. The third-order valence-electron chi connectivity index (χ3n) is 2.91. The van der Waals surface area contributed by atoms with Gasteiger partial charge in [-0.05, 0) is 31.7 Å². The monoisotopic (exact) mass is 190 g/mol. The van der Waals surface area contributed by atoms with E-state index in [2.05, 4.69) is 28.1 Å². The molecule has 1 aromatic heterocycles. The van der Waals surface area contributed by atoms with E-state index in [1.165, 1.54) is 25.7 Å². The van der Waals surface area contributed by atoms with Crippen molar-refractivity contribution >= 4 is 5.82 Å². The molecule has 3 heteroatoms. The number of anilines is 1. The summed E-state index contributed by atoms with van der Waals surface area (Å²) in [7, 11) is 0. The lowest BCUT2D eigenvalue weighted by Gasteiger charge is -2.35. The molecule has 1 saturated heterocycles. The van der Waals surface area contributed by atoms with Gasteiger partial charge in [0, 0.05) is 18.8 Å². The van der Waals surface area contributed by atoms with Gasteiger partial charge in [0.15, 0.2) is 6.33 Å². The van der Waals surface area contributed by atoms with Crippen LogP contribution in [0.2, 0.25) is 0 Å². The van der Waals surface area contributed by atoms with E-state index in [1.807, 2.05) is 6.07 Å². The maximum atomic E-state index is 4.19. The van der Waals surface area contributed by atoms with Crippen LogP contribution in [0.1, 0.15) is 32.6 Å². The predicted octanol–water partition coefficient (Wildman–Crippen LogP) is 2.05. The van der Waals surface area contributed by atoms with Crippen LogP contribution in [-0.2, 0) is 0 Å². The average Bonchev–Trinajstić information content (AvgIpc) is 2.30. The van der Waals surface area contributed by atoms with Gasteiger partial charge >= 0.3 is 0 Å². The molecule has 1 aliphatic heterocycles. The summed E-state index contributed by atoms with van der Waals surface area (Å²) >= 11 is 0. The minimum Gasteiger partial charge on any atom is -0.354 e. The van der Waals surface area contributed by atoms with E-state index in [0.29, 0.717) is 6.04 Å². The molecule has 0 N–H and O–H groups in total. The topological polar surface area (TPSA) is 29.0 Å². The Morgan fingerprint density at radius 2 is 2.50 bits per heavy atom. The largest absolute Gasteiger partial charge is 0.354 e. The van der Waals surface area contributed by atoms with Gasteiger partial charge in [0.05, 0.1) is 0 Å². The fourth-order valence-corrected chi connectivity index (χ4v) is 2.14. The second-order valence-corrected chi connectivity index (χ2v) is 3.77. The minimum absolute atomic E-state index is 0.659. The maximum Gasteiger partial charge on any atom is 0.199 e. The molecular weight excluding hydrogens is 174 g/mol. The third kappa shape index (κ3) is 1.86. The molecule has 1 radical (unpaired) electrons. The molecule has 0 bridgehead atoms. The van der Waals surface area contributed by atoms with Gasteiger partial charge in [-0.15, -0.1) is 0 Å². The van der Waals surface area contributed by atoms with Gasteiger partial charge < -0.3 is 4.90 Å². The second-order valence-electron chi connectivity index (χ2n) is 3.77. The van der Waals surface area contributed by atoms with Gasteiger partial charge in [-0.1, -0.05) is 6.92 Å². The summed E-state index contributed by atoms with van der Waals surface area (Å²) in [5.74, 6) is 1.03. The lowest BCUT2D eigenvalue weighted by atomic mass is 10.0. The fourth-order valence-electron chi connectivity index (χ4n) is 2.14. The van der Waals surface area contributed by atoms with Crippen molar-refractivity contribution in [1.29, 1.82) is 0 Å². The molecule has 75 valence electrons. The van der Waals surface area contributed by atoms with E-state index in [4.69, 9.17) is 0 Å². The summed E-state index contributed by atoms with van der Waals surface area (Å²) in [6.45, 7) is 3.37. The predicted molar refractivity (Wildman–Crippen MR) is 56.1 cm³/mol. The molecule has 1 fully saturated rings. The van der Waals surface area contributed by atoms with E-state index in [0.717, 1.165) is 12.4 Å². The molecule has 1 aromatic rings. The van der Waals surface area contributed by atoms with Crippen LogP contribution in [0.25, 0.3) is 0 Å². The van der Waals surface area contributed by atoms with E-state index in [9.17, 15) is 0 Å². The highest BCUT2D eigenvalue weighted by Crippen LogP contribution is 2.23. The van der Waals surface area contributed by atoms with Crippen molar-refractivity contribution < 1.29 is 0 Å². The first-order chi connectivity index (χ1) is 6.92. The first kappa shape index (κ1) is 9.44. The molecule has 3 nitrogen and oxygen atoms in total. The van der Waals surface area contributed by atoms with Gasteiger partial charge in [0.2, 0.25) is 0 Å². The Hall–Kier alpha value is -1.12. The van der Waals surface area contributed by atoms with Crippen LogP contribution in [0.3, 0.4) is 0 Å². The Morgan fingerprint density at radius 1 is 1.57 bits per heavy atom. The molecule has 14 heavy (non-hydrogen) atoms. The number of rotatable bonds is 2. The quantitative estimate of drug-likeness (QED) is 0.714. The molecule has 1 atom stereocenters. The summed E-state index contributed by atoms with van der Waals surface area (Å²) < 4.78 is 0. The van der Waals surface area contributed by atoms with E-state index in [1.54, 1.807) is 6.20 Å². The molecule has 1 aliphatic rings. The first-order valence-electron chi connectivity index (χ1n) is 5.37. The number of piperidine rings is 1. The second kappa shape index (κ2) is 4.40. The number of nitrogens with zero attached hydrogens (tertiary/aromatic N) is 3. The summed E-state index contributed by atoms with van der Waals surface area (Å²) in [4.78, 5) is 10.4. The number of aromatic nitrogens is 2. The molecule has 2 rings (SSSR count). The Morgan fingerprint density at radius 3 is 3.21 bits per heavy atom. The van der Waals surface area contributed by atoms with Crippen molar-refractivity contribution in [2.24, 2.45) is 0 Å². The SMILES string of the molecule is CCC1CCCCN1c1ccn[c]n1. The van der Waals surface area contributed by atoms with Gasteiger partial charge in [-0.2, -0.15) is 0 Å². The Kier molecular flexibility index (Phi) is 2.96. The number of hydrogen-bond donors (Lipinski definition) is 0. The van der Waals surface area contributed by atoms with E-state index >= 15 is 0 Å². The molecule has 0 aromatic carbocycles.